The van der Waals surface area contributed by atoms with Gasteiger partial charge in [-0.15, -0.1) is 0 Å². The number of hydrogen-bond acceptors (Lipinski definition) is 5. The molecule has 1 aromatic rings. The molecule has 2 saturated heterocycles. The molecule has 0 radical (unpaired) electrons. The number of carbonyl (C=O) groups excluding carboxylic acids is 3. The molecule has 4 amide bonds. The Morgan fingerprint density at radius 3 is 2.47 bits per heavy atom. The van der Waals surface area contributed by atoms with E-state index in [1.54, 1.807) is 11.8 Å². The van der Waals surface area contributed by atoms with E-state index in [1.807, 2.05) is 30.3 Å². The molecule has 30 heavy (non-hydrogen) atoms. The number of rotatable bonds is 7. The fraction of sp³-hybridized carbons (Fsp3) is 0.571. The quantitative estimate of drug-likeness (QED) is 0.649. The Balaban J connectivity index is 1.42. The number of amides is 4. The van der Waals surface area contributed by atoms with E-state index in [2.05, 4.69) is 5.32 Å². The smallest absolute Gasteiger partial charge is 0.325 e. The molecule has 2 heterocycles. The third kappa shape index (κ3) is 4.21. The normalized spacial score (nSPS) is 27.9. The van der Waals surface area contributed by atoms with E-state index in [9.17, 15) is 22.8 Å². The minimum absolute atomic E-state index is 0.0148. The minimum atomic E-state index is -3.13. The summed E-state index contributed by atoms with van der Waals surface area (Å²) in [5, 5.41) is 2.74. The zero-order valence-corrected chi connectivity index (χ0v) is 17.9. The van der Waals surface area contributed by atoms with Crippen molar-refractivity contribution in [2.75, 3.05) is 18.1 Å². The Morgan fingerprint density at radius 1 is 1.17 bits per heavy atom. The average molecular weight is 434 g/mol. The van der Waals surface area contributed by atoms with Gasteiger partial charge in [0.05, 0.1) is 11.5 Å². The highest BCUT2D eigenvalue weighted by molar-refractivity contribution is 7.91. The topological polar surface area (TPSA) is 104 Å². The summed E-state index contributed by atoms with van der Waals surface area (Å²) in [6.07, 6.45) is 3.13. The first-order valence-corrected chi connectivity index (χ1v) is 12.2. The molecular weight excluding hydrogens is 406 g/mol. The summed E-state index contributed by atoms with van der Waals surface area (Å²) in [5.41, 5.74) is 0.00607. The third-order valence-electron chi connectivity index (χ3n) is 6.23. The summed E-state index contributed by atoms with van der Waals surface area (Å²) < 4.78 is 23.7. The van der Waals surface area contributed by atoms with E-state index in [4.69, 9.17) is 0 Å². The van der Waals surface area contributed by atoms with Crippen molar-refractivity contribution in [1.82, 2.24) is 15.1 Å². The monoisotopic (exact) mass is 433 g/mol. The standard InChI is InChI=1S/C21H27N3O5S/c1-21(11-9-15-5-3-2-4-6-15)19(26)23(20(27)22-21)13-18(25)24(16-7-8-16)17-10-12-30(28,29)14-17/h2-6,16-17H,7-14H2,1H3,(H,22,27)/t17-,21-/m1/s1. The maximum atomic E-state index is 13.0. The van der Waals surface area contributed by atoms with Crippen LogP contribution in [0.15, 0.2) is 30.3 Å². The van der Waals surface area contributed by atoms with Crippen molar-refractivity contribution >= 4 is 27.7 Å². The predicted molar refractivity (Wildman–Crippen MR) is 110 cm³/mol. The largest absolute Gasteiger partial charge is 0.334 e. The molecule has 0 bridgehead atoms. The van der Waals surface area contributed by atoms with Crippen LogP contribution in [-0.4, -0.2) is 71.7 Å². The van der Waals surface area contributed by atoms with Gasteiger partial charge in [-0.1, -0.05) is 30.3 Å². The first-order valence-electron chi connectivity index (χ1n) is 10.4. The summed E-state index contributed by atoms with van der Waals surface area (Å²) in [4.78, 5) is 41.1. The van der Waals surface area contributed by atoms with Crippen molar-refractivity contribution < 1.29 is 22.8 Å². The highest BCUT2D eigenvalue weighted by Crippen LogP contribution is 2.33. The molecule has 1 saturated carbocycles. The molecule has 9 heteroatoms. The van der Waals surface area contributed by atoms with E-state index in [0.29, 0.717) is 19.3 Å². The molecule has 1 aliphatic carbocycles. The Kier molecular flexibility index (Phi) is 5.34. The van der Waals surface area contributed by atoms with Crippen LogP contribution in [0.2, 0.25) is 0 Å². The molecule has 4 rings (SSSR count). The van der Waals surface area contributed by atoms with Crippen molar-refractivity contribution in [2.24, 2.45) is 0 Å². The Morgan fingerprint density at radius 2 is 1.87 bits per heavy atom. The Labute approximate surface area is 176 Å². The highest BCUT2D eigenvalue weighted by Gasteiger charge is 2.49. The van der Waals surface area contributed by atoms with Crippen molar-refractivity contribution in [3.8, 4) is 0 Å². The highest BCUT2D eigenvalue weighted by atomic mass is 32.2. The molecule has 1 aromatic carbocycles. The van der Waals surface area contributed by atoms with Gasteiger partial charge in [-0.25, -0.2) is 13.2 Å². The molecule has 3 fully saturated rings. The minimum Gasteiger partial charge on any atom is -0.334 e. The predicted octanol–water partition coefficient (Wildman–Crippen LogP) is 1.11. The second-order valence-corrected chi connectivity index (χ2v) is 11.0. The van der Waals surface area contributed by atoms with E-state index >= 15 is 0 Å². The molecule has 1 N–H and O–H groups in total. The zero-order chi connectivity index (χ0) is 21.5. The van der Waals surface area contributed by atoms with Gasteiger partial charge < -0.3 is 10.2 Å². The van der Waals surface area contributed by atoms with Gasteiger partial charge in [0.2, 0.25) is 5.91 Å². The van der Waals surface area contributed by atoms with Crippen LogP contribution in [0, 0.1) is 0 Å². The van der Waals surface area contributed by atoms with Crippen LogP contribution in [0.1, 0.15) is 38.2 Å². The fourth-order valence-electron chi connectivity index (χ4n) is 4.37. The van der Waals surface area contributed by atoms with Gasteiger partial charge in [0.1, 0.15) is 12.1 Å². The Bertz CT molecular complexity index is 960. The zero-order valence-electron chi connectivity index (χ0n) is 17.0. The first kappa shape index (κ1) is 20.8. The number of hydrogen-bond donors (Lipinski definition) is 1. The van der Waals surface area contributed by atoms with Crippen LogP contribution in [0.25, 0.3) is 0 Å². The molecule has 8 nitrogen and oxygen atoms in total. The van der Waals surface area contributed by atoms with Gasteiger partial charge in [-0.3, -0.25) is 14.5 Å². The maximum Gasteiger partial charge on any atom is 0.325 e. The molecule has 0 aromatic heterocycles. The maximum absolute atomic E-state index is 13.0. The van der Waals surface area contributed by atoms with Gasteiger partial charge in [-0.05, 0) is 44.6 Å². The second kappa shape index (κ2) is 7.68. The number of nitrogens with one attached hydrogen (secondary N) is 1. The van der Waals surface area contributed by atoms with Gasteiger partial charge >= 0.3 is 6.03 Å². The number of aryl methyl sites for hydroxylation is 1. The van der Waals surface area contributed by atoms with Gasteiger partial charge in [-0.2, -0.15) is 0 Å². The number of sulfone groups is 1. The van der Waals surface area contributed by atoms with Crippen LogP contribution in [-0.2, 0) is 25.8 Å². The molecule has 162 valence electrons. The second-order valence-electron chi connectivity index (χ2n) is 8.73. The van der Waals surface area contributed by atoms with Crippen molar-refractivity contribution in [3.63, 3.8) is 0 Å². The number of carbonyl (C=O) groups is 3. The van der Waals surface area contributed by atoms with Gasteiger partial charge in [0, 0.05) is 12.1 Å². The van der Waals surface area contributed by atoms with Crippen molar-refractivity contribution in [2.45, 2.75) is 56.7 Å². The van der Waals surface area contributed by atoms with E-state index in [-0.39, 0.29) is 36.0 Å². The van der Waals surface area contributed by atoms with Crippen LogP contribution in [0.5, 0.6) is 0 Å². The number of urea groups is 1. The average Bonchev–Trinajstić information content (AvgIpc) is 3.43. The number of nitrogens with zero attached hydrogens (tertiary/aromatic N) is 2. The summed E-state index contributed by atoms with van der Waals surface area (Å²) in [5.74, 6) is -0.721. The summed E-state index contributed by atoms with van der Waals surface area (Å²) in [7, 11) is -3.13. The lowest BCUT2D eigenvalue weighted by atomic mass is 9.93. The van der Waals surface area contributed by atoms with Crippen molar-refractivity contribution in [1.29, 1.82) is 0 Å². The summed E-state index contributed by atoms with van der Waals surface area (Å²) in [6.45, 7) is 1.33. The van der Waals surface area contributed by atoms with Crippen LogP contribution >= 0.6 is 0 Å². The van der Waals surface area contributed by atoms with Gasteiger partial charge in [0.15, 0.2) is 9.84 Å². The molecule has 2 aliphatic heterocycles. The molecule has 0 unspecified atom stereocenters. The lowest BCUT2D eigenvalue weighted by molar-refractivity contribution is -0.140. The van der Waals surface area contributed by atoms with E-state index < -0.39 is 27.3 Å². The molecular formula is C21H27N3O5S. The third-order valence-corrected chi connectivity index (χ3v) is 7.98. The first-order chi connectivity index (χ1) is 14.2. The Hall–Kier alpha value is -2.42. The lowest BCUT2D eigenvalue weighted by Gasteiger charge is -2.29. The molecule has 2 atom stereocenters. The number of imide groups is 1. The van der Waals surface area contributed by atoms with Crippen molar-refractivity contribution in [3.05, 3.63) is 35.9 Å². The summed E-state index contributed by atoms with van der Waals surface area (Å²) >= 11 is 0. The lowest BCUT2D eigenvalue weighted by Crippen LogP contribution is -2.49. The van der Waals surface area contributed by atoms with Gasteiger partial charge in [0.25, 0.3) is 5.91 Å². The van der Waals surface area contributed by atoms with E-state index in [1.165, 1.54) is 0 Å². The van der Waals surface area contributed by atoms with Crippen LogP contribution in [0.3, 0.4) is 0 Å². The fourth-order valence-corrected chi connectivity index (χ4v) is 6.08. The molecule has 3 aliphatic rings. The van der Waals surface area contributed by atoms with Crippen LogP contribution < -0.4 is 5.32 Å². The summed E-state index contributed by atoms with van der Waals surface area (Å²) in [6, 6.07) is 8.78. The van der Waals surface area contributed by atoms with Crippen LogP contribution in [0.4, 0.5) is 4.79 Å². The van der Waals surface area contributed by atoms with E-state index in [0.717, 1.165) is 23.3 Å². The molecule has 0 spiro atoms. The SMILES string of the molecule is C[C@]1(CCc2ccccc2)NC(=O)N(CC(=O)N(C2CC2)[C@@H]2CCS(=O)(=O)C2)C1=O. The number of benzene rings is 1.